The largest absolute Gasteiger partial charge is 0.507 e. The minimum Gasteiger partial charge on any atom is -0.507 e. The van der Waals surface area contributed by atoms with E-state index in [1.807, 2.05) is 54.6 Å². The number of phenols is 1. The van der Waals surface area contributed by atoms with Crippen LogP contribution < -0.4 is 5.32 Å². The molecule has 0 fully saturated rings. The van der Waals surface area contributed by atoms with Gasteiger partial charge in [-0.05, 0) is 29.3 Å². The van der Waals surface area contributed by atoms with Gasteiger partial charge in [-0.2, -0.15) is 0 Å². The predicted octanol–water partition coefficient (Wildman–Crippen LogP) is 3.80. The van der Waals surface area contributed by atoms with Crippen LogP contribution in [0, 0.1) is 0 Å². The Morgan fingerprint density at radius 1 is 0.815 bits per heavy atom. The Morgan fingerprint density at radius 2 is 1.56 bits per heavy atom. The van der Waals surface area contributed by atoms with E-state index in [1.165, 1.54) is 11.0 Å². The number of para-hydroxylation sites is 1. The summed E-state index contributed by atoms with van der Waals surface area (Å²) >= 11 is 0. The lowest BCUT2D eigenvalue weighted by atomic mass is 10.1. The zero-order valence-electron chi connectivity index (χ0n) is 14.6. The normalized spacial score (nSPS) is 13.0. The topological polar surface area (TPSA) is 69.6 Å². The molecular formula is C22H18N2O3. The van der Waals surface area contributed by atoms with Crippen molar-refractivity contribution in [1.29, 1.82) is 0 Å². The maximum absolute atomic E-state index is 12.6. The maximum Gasteiger partial charge on any atom is 0.265 e. The lowest BCUT2D eigenvalue weighted by molar-refractivity contribution is 0.0642. The van der Waals surface area contributed by atoms with Crippen LogP contribution in [0.15, 0.2) is 72.8 Å². The molecule has 0 aromatic heterocycles. The number of phenolic OH excluding ortho intramolecular Hbond substituents is 1. The Bertz CT molecular complexity index is 1020. The van der Waals surface area contributed by atoms with E-state index >= 15 is 0 Å². The van der Waals surface area contributed by atoms with Crippen LogP contribution in [-0.4, -0.2) is 21.8 Å². The van der Waals surface area contributed by atoms with Crippen molar-refractivity contribution in [2.75, 3.05) is 5.32 Å². The molecule has 1 aliphatic rings. The van der Waals surface area contributed by atoms with Crippen LogP contribution in [0.3, 0.4) is 0 Å². The fraction of sp³-hybridized carbons (Fsp3) is 0.0909. The Balaban J connectivity index is 1.56. The maximum atomic E-state index is 12.6. The van der Waals surface area contributed by atoms with Crippen LogP contribution in [0.25, 0.3) is 0 Å². The van der Waals surface area contributed by atoms with E-state index in [2.05, 4.69) is 5.32 Å². The average Bonchev–Trinajstić information content (AvgIpc) is 2.94. The second-order valence-electron chi connectivity index (χ2n) is 6.39. The molecule has 134 valence electrons. The summed E-state index contributed by atoms with van der Waals surface area (Å²) in [5.41, 5.74) is 3.16. The minimum atomic E-state index is -0.467. The van der Waals surface area contributed by atoms with Crippen LogP contribution in [0.1, 0.15) is 31.8 Å². The molecule has 0 saturated heterocycles. The summed E-state index contributed by atoms with van der Waals surface area (Å²) in [6, 6.07) is 22.1. The van der Waals surface area contributed by atoms with Gasteiger partial charge in [-0.1, -0.05) is 54.6 Å². The van der Waals surface area contributed by atoms with Crippen molar-refractivity contribution in [1.82, 2.24) is 4.90 Å². The number of aromatic hydroxyl groups is 1. The SMILES string of the molecule is O=C1c2cccc(O)c2C(=O)N1Cc1ccccc1NCc1ccccc1. The lowest BCUT2D eigenvalue weighted by Gasteiger charge is -2.17. The van der Waals surface area contributed by atoms with Crippen LogP contribution in [0.4, 0.5) is 5.69 Å². The molecule has 1 aliphatic heterocycles. The number of imide groups is 1. The van der Waals surface area contributed by atoms with Gasteiger partial charge < -0.3 is 10.4 Å². The van der Waals surface area contributed by atoms with E-state index < -0.39 is 5.91 Å². The third-order valence-corrected chi connectivity index (χ3v) is 4.65. The first-order chi connectivity index (χ1) is 13.1. The average molecular weight is 358 g/mol. The van der Waals surface area contributed by atoms with Crippen LogP contribution in [0.2, 0.25) is 0 Å². The summed E-state index contributed by atoms with van der Waals surface area (Å²) in [5, 5.41) is 13.3. The van der Waals surface area contributed by atoms with E-state index in [0.717, 1.165) is 16.8 Å². The van der Waals surface area contributed by atoms with E-state index in [9.17, 15) is 14.7 Å². The minimum absolute atomic E-state index is 0.0808. The van der Waals surface area contributed by atoms with Crippen LogP contribution in [0.5, 0.6) is 5.75 Å². The second kappa shape index (κ2) is 6.96. The molecule has 5 heteroatoms. The molecule has 0 atom stereocenters. The number of hydrogen-bond donors (Lipinski definition) is 2. The first kappa shape index (κ1) is 16.8. The van der Waals surface area contributed by atoms with Crippen molar-refractivity contribution in [2.24, 2.45) is 0 Å². The number of hydrogen-bond acceptors (Lipinski definition) is 4. The standard InChI is InChI=1S/C22H18N2O3/c25-19-12-6-10-17-20(19)22(27)24(21(17)26)14-16-9-4-5-11-18(16)23-13-15-7-2-1-3-8-15/h1-12,23,25H,13-14H2. The molecule has 3 aromatic rings. The number of fused-ring (bicyclic) bond motifs is 1. The Kier molecular flexibility index (Phi) is 4.34. The Morgan fingerprint density at radius 3 is 2.33 bits per heavy atom. The number of nitrogens with zero attached hydrogens (tertiary/aromatic N) is 1. The fourth-order valence-corrected chi connectivity index (χ4v) is 3.25. The molecule has 1 heterocycles. The third kappa shape index (κ3) is 3.15. The predicted molar refractivity (Wildman–Crippen MR) is 103 cm³/mol. The summed E-state index contributed by atoms with van der Waals surface area (Å²) in [4.78, 5) is 26.4. The van der Waals surface area contributed by atoms with Crippen molar-refractivity contribution in [3.05, 3.63) is 95.1 Å². The Labute approximate surface area is 156 Å². The van der Waals surface area contributed by atoms with Gasteiger partial charge in [-0.15, -0.1) is 0 Å². The second-order valence-corrected chi connectivity index (χ2v) is 6.39. The number of carbonyl (C=O) groups excluding carboxylic acids is 2. The van der Waals surface area contributed by atoms with Crippen LogP contribution >= 0.6 is 0 Å². The van der Waals surface area contributed by atoms with Gasteiger partial charge in [0.2, 0.25) is 0 Å². The molecule has 2 amide bonds. The van der Waals surface area contributed by atoms with Gasteiger partial charge in [0.25, 0.3) is 11.8 Å². The number of anilines is 1. The fourth-order valence-electron chi connectivity index (χ4n) is 3.25. The molecule has 0 radical (unpaired) electrons. The van der Waals surface area contributed by atoms with Gasteiger partial charge in [0.15, 0.2) is 0 Å². The number of amides is 2. The molecule has 0 unspecified atom stereocenters. The van der Waals surface area contributed by atoms with E-state index in [1.54, 1.807) is 12.1 Å². The van der Waals surface area contributed by atoms with E-state index in [-0.39, 0.29) is 29.3 Å². The van der Waals surface area contributed by atoms with Gasteiger partial charge in [0.05, 0.1) is 17.7 Å². The van der Waals surface area contributed by atoms with Crippen molar-refractivity contribution in [3.63, 3.8) is 0 Å². The van der Waals surface area contributed by atoms with Crippen molar-refractivity contribution in [3.8, 4) is 5.75 Å². The molecule has 5 nitrogen and oxygen atoms in total. The zero-order chi connectivity index (χ0) is 18.8. The smallest absolute Gasteiger partial charge is 0.265 e. The van der Waals surface area contributed by atoms with Gasteiger partial charge in [-0.25, -0.2) is 0 Å². The van der Waals surface area contributed by atoms with E-state index in [0.29, 0.717) is 6.54 Å². The molecule has 0 saturated carbocycles. The first-order valence-electron chi connectivity index (χ1n) is 8.69. The van der Waals surface area contributed by atoms with Gasteiger partial charge in [-0.3, -0.25) is 14.5 Å². The van der Waals surface area contributed by atoms with Crippen molar-refractivity contribution >= 4 is 17.5 Å². The molecule has 0 aliphatic carbocycles. The summed E-state index contributed by atoms with van der Waals surface area (Å²) in [6.45, 7) is 0.782. The Hall–Kier alpha value is -3.60. The molecule has 0 spiro atoms. The summed E-state index contributed by atoms with van der Waals surface area (Å²) in [5.74, 6) is -1.02. The number of carbonyl (C=O) groups is 2. The van der Waals surface area contributed by atoms with Gasteiger partial charge in [0.1, 0.15) is 5.75 Å². The summed E-state index contributed by atoms with van der Waals surface area (Å²) in [7, 11) is 0. The summed E-state index contributed by atoms with van der Waals surface area (Å²) < 4.78 is 0. The van der Waals surface area contributed by atoms with Gasteiger partial charge >= 0.3 is 0 Å². The number of nitrogens with one attached hydrogen (secondary N) is 1. The quantitative estimate of drug-likeness (QED) is 0.681. The molecule has 3 aromatic carbocycles. The van der Waals surface area contributed by atoms with Crippen molar-refractivity contribution < 1.29 is 14.7 Å². The molecule has 2 N–H and O–H groups in total. The highest BCUT2D eigenvalue weighted by atomic mass is 16.3. The van der Waals surface area contributed by atoms with E-state index in [4.69, 9.17) is 0 Å². The molecular weight excluding hydrogens is 340 g/mol. The highest BCUT2D eigenvalue weighted by molar-refractivity contribution is 6.22. The number of benzene rings is 3. The summed E-state index contributed by atoms with van der Waals surface area (Å²) in [6.07, 6.45) is 0. The molecule has 0 bridgehead atoms. The number of rotatable bonds is 5. The van der Waals surface area contributed by atoms with Gasteiger partial charge in [0, 0.05) is 12.2 Å². The third-order valence-electron chi connectivity index (χ3n) is 4.65. The molecule has 4 rings (SSSR count). The van der Waals surface area contributed by atoms with Crippen molar-refractivity contribution in [2.45, 2.75) is 13.1 Å². The lowest BCUT2D eigenvalue weighted by Crippen LogP contribution is -2.29. The molecule has 27 heavy (non-hydrogen) atoms. The monoisotopic (exact) mass is 358 g/mol. The zero-order valence-corrected chi connectivity index (χ0v) is 14.6. The first-order valence-corrected chi connectivity index (χ1v) is 8.69. The highest BCUT2D eigenvalue weighted by Crippen LogP contribution is 2.31. The van der Waals surface area contributed by atoms with Crippen LogP contribution in [-0.2, 0) is 13.1 Å². The highest BCUT2D eigenvalue weighted by Gasteiger charge is 2.37.